The van der Waals surface area contributed by atoms with E-state index in [9.17, 15) is 13.2 Å². The summed E-state index contributed by atoms with van der Waals surface area (Å²) in [5.41, 5.74) is 0. The van der Waals surface area contributed by atoms with Gasteiger partial charge in [-0.1, -0.05) is 23.4 Å². The Balaban J connectivity index is 2.17. The maximum Gasteiger partial charge on any atom is 0.514 e. The van der Waals surface area contributed by atoms with E-state index < -0.39 is 27.8 Å². The van der Waals surface area contributed by atoms with E-state index in [0.717, 1.165) is 0 Å². The van der Waals surface area contributed by atoms with E-state index >= 15 is 0 Å². The highest BCUT2D eigenvalue weighted by atomic mass is 32.2. The lowest BCUT2D eigenvalue weighted by Gasteiger charge is -1.99. The van der Waals surface area contributed by atoms with Gasteiger partial charge < -0.3 is 9.84 Å². The third kappa shape index (κ3) is 3.28. The van der Waals surface area contributed by atoms with Crippen LogP contribution in [0.15, 0.2) is 39.8 Å². The average molecular weight is 284 g/mol. The molecule has 0 unspecified atom stereocenters. The van der Waals surface area contributed by atoms with Crippen molar-refractivity contribution in [3.05, 3.63) is 36.2 Å². The summed E-state index contributed by atoms with van der Waals surface area (Å²) in [5.74, 6) is -0.691. The van der Waals surface area contributed by atoms with Crippen molar-refractivity contribution in [2.75, 3.05) is 0 Å². The van der Waals surface area contributed by atoms with E-state index in [1.807, 2.05) is 0 Å². The predicted molar refractivity (Wildman–Crippen MR) is 60.3 cm³/mol. The maximum atomic E-state index is 12.0. The normalized spacial score (nSPS) is 11.2. The highest BCUT2D eigenvalue weighted by Gasteiger charge is 2.20. The molecular formula is C10H8N2O6S. The number of sulfone groups is 1. The number of benzene rings is 1. The molecule has 0 amide bonds. The number of nitrogens with zero attached hydrogens (tertiary/aromatic N) is 2. The Morgan fingerprint density at radius 1 is 1.32 bits per heavy atom. The van der Waals surface area contributed by atoms with Crippen LogP contribution < -0.4 is 4.74 Å². The van der Waals surface area contributed by atoms with Crippen molar-refractivity contribution in [2.24, 2.45) is 0 Å². The van der Waals surface area contributed by atoms with Crippen LogP contribution in [0.5, 0.6) is 6.08 Å². The average Bonchev–Trinajstić information content (AvgIpc) is 2.76. The van der Waals surface area contributed by atoms with Crippen molar-refractivity contribution in [1.29, 1.82) is 0 Å². The molecule has 1 heterocycles. The van der Waals surface area contributed by atoms with Crippen molar-refractivity contribution in [2.45, 2.75) is 10.6 Å². The lowest BCUT2D eigenvalue weighted by molar-refractivity contribution is 0.125. The molecule has 0 saturated heterocycles. The summed E-state index contributed by atoms with van der Waals surface area (Å²) in [6.07, 6.45) is -2.24. The van der Waals surface area contributed by atoms with Gasteiger partial charge in [0, 0.05) is 0 Å². The molecule has 0 aliphatic heterocycles. The number of ether oxygens (including phenoxy) is 1. The molecule has 9 heteroatoms. The summed E-state index contributed by atoms with van der Waals surface area (Å²) >= 11 is 0. The van der Waals surface area contributed by atoms with Gasteiger partial charge >= 0.3 is 12.2 Å². The summed E-state index contributed by atoms with van der Waals surface area (Å²) in [5, 5.41) is 11.6. The third-order valence-electron chi connectivity index (χ3n) is 2.05. The minimum atomic E-state index is -3.62. The molecule has 8 nitrogen and oxygen atoms in total. The molecule has 0 spiro atoms. The molecule has 1 aromatic carbocycles. The van der Waals surface area contributed by atoms with E-state index in [1.54, 1.807) is 18.2 Å². The largest absolute Gasteiger partial charge is 0.514 e. The van der Waals surface area contributed by atoms with Gasteiger partial charge in [0.05, 0.1) is 4.90 Å². The van der Waals surface area contributed by atoms with Gasteiger partial charge in [0.1, 0.15) is 5.75 Å². The van der Waals surface area contributed by atoms with Gasteiger partial charge in [-0.15, -0.1) is 0 Å². The van der Waals surface area contributed by atoms with Crippen LogP contribution in [0, 0.1) is 0 Å². The Bertz CT molecular complexity index is 679. The lowest BCUT2D eigenvalue weighted by atomic mass is 10.4. The SMILES string of the molecule is O=C(O)Oc1nc(CS(=O)(=O)c2ccccc2)no1. The Morgan fingerprint density at radius 3 is 2.63 bits per heavy atom. The standard InChI is InChI=1S/C10H8N2O6S/c13-10(14)17-9-11-8(12-18-9)6-19(15,16)7-4-2-1-3-5-7/h1-5H,6H2,(H,13,14). The zero-order valence-corrected chi connectivity index (χ0v) is 10.2. The quantitative estimate of drug-likeness (QED) is 0.829. The first-order valence-electron chi connectivity index (χ1n) is 4.98. The van der Waals surface area contributed by atoms with Gasteiger partial charge in [-0.2, -0.15) is 4.98 Å². The van der Waals surface area contributed by atoms with E-state index in [4.69, 9.17) is 5.11 Å². The van der Waals surface area contributed by atoms with Crippen LogP contribution in [0.3, 0.4) is 0 Å². The summed E-state index contributed by atoms with van der Waals surface area (Å²) in [6.45, 7) is 0. The maximum absolute atomic E-state index is 12.0. The van der Waals surface area contributed by atoms with Crippen molar-refractivity contribution >= 4 is 16.0 Å². The van der Waals surface area contributed by atoms with E-state index in [2.05, 4.69) is 19.4 Å². The van der Waals surface area contributed by atoms with Crippen LogP contribution in [0.25, 0.3) is 0 Å². The zero-order chi connectivity index (χ0) is 13.9. The molecule has 0 aliphatic rings. The fourth-order valence-electron chi connectivity index (χ4n) is 1.29. The van der Waals surface area contributed by atoms with Gasteiger partial charge in [-0.3, -0.25) is 4.52 Å². The number of hydrogen-bond donors (Lipinski definition) is 1. The molecule has 0 atom stereocenters. The summed E-state index contributed by atoms with van der Waals surface area (Å²) in [4.78, 5) is 13.8. The lowest BCUT2D eigenvalue weighted by Crippen LogP contribution is -2.06. The Morgan fingerprint density at radius 2 is 2.00 bits per heavy atom. The van der Waals surface area contributed by atoms with Crippen molar-refractivity contribution in [3.8, 4) is 6.08 Å². The highest BCUT2D eigenvalue weighted by molar-refractivity contribution is 7.90. The van der Waals surface area contributed by atoms with Gasteiger partial charge in [-0.25, -0.2) is 13.2 Å². The number of carbonyl (C=O) groups is 1. The van der Waals surface area contributed by atoms with Crippen LogP contribution >= 0.6 is 0 Å². The molecule has 2 aromatic rings. The molecule has 0 aliphatic carbocycles. The van der Waals surface area contributed by atoms with Crippen LogP contribution in [-0.4, -0.2) is 29.8 Å². The molecule has 1 N–H and O–H groups in total. The minimum absolute atomic E-state index is 0.112. The van der Waals surface area contributed by atoms with Crippen molar-refractivity contribution in [3.63, 3.8) is 0 Å². The summed E-state index contributed by atoms with van der Waals surface area (Å²) < 4.78 is 32.4. The Hall–Kier alpha value is -2.42. The molecule has 1 aromatic heterocycles. The third-order valence-corrected chi connectivity index (χ3v) is 3.67. The number of rotatable bonds is 4. The summed E-state index contributed by atoms with van der Waals surface area (Å²) in [7, 11) is -3.62. The van der Waals surface area contributed by atoms with E-state index in [1.165, 1.54) is 12.1 Å². The van der Waals surface area contributed by atoms with E-state index in [-0.39, 0.29) is 10.7 Å². The molecular weight excluding hydrogens is 276 g/mol. The second kappa shape index (κ2) is 5.06. The summed E-state index contributed by atoms with van der Waals surface area (Å²) in [6, 6.07) is 7.73. The van der Waals surface area contributed by atoms with Gasteiger partial charge in [-0.05, 0) is 12.1 Å². The zero-order valence-electron chi connectivity index (χ0n) is 9.38. The topological polar surface area (TPSA) is 120 Å². The van der Waals surface area contributed by atoms with Crippen LogP contribution in [-0.2, 0) is 15.6 Å². The van der Waals surface area contributed by atoms with Crippen LogP contribution in [0.2, 0.25) is 0 Å². The van der Waals surface area contributed by atoms with Gasteiger partial charge in [0.25, 0.3) is 0 Å². The second-order valence-electron chi connectivity index (χ2n) is 3.42. The highest BCUT2D eigenvalue weighted by Crippen LogP contribution is 2.16. The van der Waals surface area contributed by atoms with Gasteiger partial charge in [0.2, 0.25) is 0 Å². The second-order valence-corrected chi connectivity index (χ2v) is 5.41. The molecule has 100 valence electrons. The van der Waals surface area contributed by atoms with Crippen LogP contribution in [0.4, 0.5) is 4.79 Å². The Labute approximate surface area is 107 Å². The van der Waals surface area contributed by atoms with Gasteiger partial charge in [0.15, 0.2) is 15.7 Å². The molecule has 0 saturated carbocycles. The first kappa shape index (κ1) is 13.0. The fourth-order valence-corrected chi connectivity index (χ4v) is 2.49. The molecule has 0 fully saturated rings. The van der Waals surface area contributed by atoms with E-state index in [0.29, 0.717) is 0 Å². The molecule has 19 heavy (non-hydrogen) atoms. The monoisotopic (exact) mass is 284 g/mol. The number of hydrogen-bond acceptors (Lipinski definition) is 7. The number of carboxylic acid groups (broad SMARTS) is 1. The van der Waals surface area contributed by atoms with Crippen molar-refractivity contribution in [1.82, 2.24) is 10.1 Å². The number of aromatic nitrogens is 2. The Kier molecular flexibility index (Phi) is 3.47. The predicted octanol–water partition coefficient (Wildman–Crippen LogP) is 1.10. The minimum Gasteiger partial charge on any atom is -0.449 e. The van der Waals surface area contributed by atoms with Crippen molar-refractivity contribution < 1.29 is 27.6 Å². The first-order valence-corrected chi connectivity index (χ1v) is 6.64. The molecule has 0 radical (unpaired) electrons. The van der Waals surface area contributed by atoms with Crippen LogP contribution in [0.1, 0.15) is 5.82 Å². The molecule has 0 bridgehead atoms. The smallest absolute Gasteiger partial charge is 0.449 e. The molecule has 2 rings (SSSR count). The fraction of sp³-hybridized carbons (Fsp3) is 0.100. The first-order chi connectivity index (χ1) is 8.97.